The predicted molar refractivity (Wildman–Crippen MR) is 101 cm³/mol. The third kappa shape index (κ3) is 8.16. The molecule has 0 aliphatic carbocycles. The summed E-state index contributed by atoms with van der Waals surface area (Å²) in [7, 11) is 2.96. The number of carbonyl (C=O) groups excluding carboxylic acids is 2. The Morgan fingerprint density at radius 3 is 2.58 bits per heavy atom. The van der Waals surface area contributed by atoms with Gasteiger partial charge < -0.3 is 19.1 Å². The lowest BCUT2D eigenvalue weighted by Gasteiger charge is -2.20. The number of methoxy groups -OCH3 is 2. The Hall–Kier alpha value is -2.34. The van der Waals surface area contributed by atoms with E-state index in [1.54, 1.807) is 18.1 Å². The van der Waals surface area contributed by atoms with Crippen molar-refractivity contribution < 1.29 is 23.8 Å². The van der Waals surface area contributed by atoms with Gasteiger partial charge in [-0.25, -0.2) is 0 Å². The van der Waals surface area contributed by atoms with E-state index in [-0.39, 0.29) is 18.3 Å². The fourth-order valence-corrected chi connectivity index (χ4v) is 2.29. The molecule has 0 atom stereocenters. The molecular formula is C20H29NO5. The Morgan fingerprint density at radius 1 is 1.12 bits per heavy atom. The molecule has 0 bridgehead atoms. The second-order valence-corrected chi connectivity index (χ2v) is 5.72. The first-order valence-electron chi connectivity index (χ1n) is 8.87. The van der Waals surface area contributed by atoms with Crippen LogP contribution in [-0.2, 0) is 19.1 Å². The van der Waals surface area contributed by atoms with E-state index in [1.165, 1.54) is 13.2 Å². The number of rotatable bonds is 12. The lowest BCUT2D eigenvalue weighted by molar-refractivity contribution is -0.141. The molecule has 6 nitrogen and oxygen atoms in total. The Balaban J connectivity index is 2.77. The summed E-state index contributed by atoms with van der Waals surface area (Å²) in [6.45, 7) is 4.05. The zero-order valence-corrected chi connectivity index (χ0v) is 15.9. The minimum atomic E-state index is -0.336. The van der Waals surface area contributed by atoms with Gasteiger partial charge in [-0.05, 0) is 25.0 Å². The largest absolute Gasteiger partial charge is 0.493 e. The van der Waals surface area contributed by atoms with Gasteiger partial charge in [-0.1, -0.05) is 25.1 Å². The first kappa shape index (κ1) is 21.7. The third-order valence-electron chi connectivity index (χ3n) is 3.69. The van der Waals surface area contributed by atoms with Gasteiger partial charge >= 0.3 is 5.97 Å². The van der Waals surface area contributed by atoms with Crippen molar-refractivity contribution in [3.63, 3.8) is 0 Å². The van der Waals surface area contributed by atoms with Crippen molar-refractivity contribution in [2.75, 3.05) is 40.5 Å². The number of hydrogen-bond donors (Lipinski definition) is 0. The lowest BCUT2D eigenvalue weighted by atomic mass is 10.2. The minimum absolute atomic E-state index is 0.157. The van der Waals surface area contributed by atoms with Crippen LogP contribution in [0.15, 0.2) is 30.3 Å². The molecule has 0 heterocycles. The van der Waals surface area contributed by atoms with Crippen LogP contribution in [-0.4, -0.2) is 57.3 Å². The van der Waals surface area contributed by atoms with Gasteiger partial charge in [0.05, 0.1) is 20.1 Å². The van der Waals surface area contributed by atoms with E-state index in [4.69, 9.17) is 9.47 Å². The Labute approximate surface area is 155 Å². The summed E-state index contributed by atoms with van der Waals surface area (Å²) in [6, 6.07) is 7.58. The monoisotopic (exact) mass is 363 g/mol. The number of benzene rings is 1. The summed E-state index contributed by atoms with van der Waals surface area (Å²) in [4.78, 5) is 25.5. The predicted octanol–water partition coefficient (Wildman–Crippen LogP) is 2.92. The Morgan fingerprint density at radius 2 is 1.88 bits per heavy atom. The van der Waals surface area contributed by atoms with Crippen molar-refractivity contribution in [1.29, 1.82) is 0 Å². The molecule has 0 unspecified atom stereocenters. The normalized spacial score (nSPS) is 10.7. The highest BCUT2D eigenvalue weighted by Gasteiger charge is 2.13. The van der Waals surface area contributed by atoms with E-state index in [0.29, 0.717) is 32.7 Å². The van der Waals surface area contributed by atoms with Gasteiger partial charge in [0.1, 0.15) is 5.75 Å². The Kier molecular flexibility index (Phi) is 10.8. The van der Waals surface area contributed by atoms with Crippen LogP contribution in [0.3, 0.4) is 0 Å². The quantitative estimate of drug-likeness (QED) is 0.325. The van der Waals surface area contributed by atoms with E-state index in [0.717, 1.165) is 17.7 Å². The molecule has 1 aromatic carbocycles. The molecule has 0 fully saturated rings. The van der Waals surface area contributed by atoms with E-state index in [9.17, 15) is 9.59 Å². The van der Waals surface area contributed by atoms with Crippen LogP contribution in [0.1, 0.15) is 31.7 Å². The molecule has 0 aliphatic heterocycles. The van der Waals surface area contributed by atoms with Gasteiger partial charge in [0.15, 0.2) is 0 Å². The molecule has 0 saturated heterocycles. The number of amides is 1. The first-order valence-corrected chi connectivity index (χ1v) is 8.87. The lowest BCUT2D eigenvalue weighted by Crippen LogP contribution is -2.33. The molecule has 0 radical (unpaired) electrons. The van der Waals surface area contributed by atoms with Gasteiger partial charge in [0, 0.05) is 38.4 Å². The maximum absolute atomic E-state index is 12.5. The van der Waals surface area contributed by atoms with Crippen LogP contribution >= 0.6 is 0 Å². The van der Waals surface area contributed by atoms with Gasteiger partial charge in [-0.15, -0.1) is 0 Å². The molecule has 144 valence electrons. The van der Waals surface area contributed by atoms with E-state index in [1.807, 2.05) is 31.2 Å². The summed E-state index contributed by atoms with van der Waals surface area (Å²) in [6.07, 6.45) is 5.04. The molecule has 0 aromatic heterocycles. The van der Waals surface area contributed by atoms with Crippen molar-refractivity contribution in [2.24, 2.45) is 0 Å². The standard InChI is InChI=1S/C20H29NO5/c1-4-15-26-18-9-6-5-8-17(18)10-11-19(22)21(13-7-16-24-2)14-12-20(23)25-3/h5-6,8-11H,4,7,12-16H2,1-3H3/b11-10+. The molecule has 0 spiro atoms. The second-order valence-electron chi connectivity index (χ2n) is 5.72. The highest BCUT2D eigenvalue weighted by Crippen LogP contribution is 2.19. The summed E-state index contributed by atoms with van der Waals surface area (Å²) in [5, 5.41) is 0. The molecule has 1 rings (SSSR count). The van der Waals surface area contributed by atoms with E-state index >= 15 is 0 Å². The molecule has 26 heavy (non-hydrogen) atoms. The summed E-state index contributed by atoms with van der Waals surface area (Å²) < 4.78 is 15.4. The van der Waals surface area contributed by atoms with Gasteiger partial charge in [0.25, 0.3) is 0 Å². The first-order chi connectivity index (χ1) is 12.6. The summed E-state index contributed by atoms with van der Waals surface area (Å²) in [5.41, 5.74) is 0.846. The Bertz CT molecular complexity index is 585. The highest BCUT2D eigenvalue weighted by atomic mass is 16.5. The average Bonchev–Trinajstić information content (AvgIpc) is 2.67. The van der Waals surface area contributed by atoms with Crippen LogP contribution in [0.5, 0.6) is 5.75 Å². The van der Waals surface area contributed by atoms with Gasteiger partial charge in [-0.2, -0.15) is 0 Å². The summed E-state index contributed by atoms with van der Waals surface area (Å²) >= 11 is 0. The molecule has 0 N–H and O–H groups in total. The van der Waals surface area contributed by atoms with Crippen LogP contribution in [0, 0.1) is 0 Å². The van der Waals surface area contributed by atoms with Crippen molar-refractivity contribution >= 4 is 18.0 Å². The summed E-state index contributed by atoms with van der Waals surface area (Å²) in [5.74, 6) is 0.256. The fourth-order valence-electron chi connectivity index (χ4n) is 2.29. The molecular weight excluding hydrogens is 334 g/mol. The number of nitrogens with zero attached hydrogens (tertiary/aromatic N) is 1. The van der Waals surface area contributed by atoms with Gasteiger partial charge in [0.2, 0.25) is 5.91 Å². The number of para-hydroxylation sites is 1. The molecule has 1 aromatic rings. The maximum Gasteiger partial charge on any atom is 0.307 e. The number of hydrogen-bond acceptors (Lipinski definition) is 5. The zero-order chi connectivity index (χ0) is 19.2. The van der Waals surface area contributed by atoms with Crippen LogP contribution in [0.25, 0.3) is 6.08 Å². The van der Waals surface area contributed by atoms with Crippen LogP contribution in [0.2, 0.25) is 0 Å². The van der Waals surface area contributed by atoms with Crippen molar-refractivity contribution in [3.8, 4) is 5.75 Å². The number of carbonyl (C=O) groups is 2. The van der Waals surface area contributed by atoms with Gasteiger partial charge in [-0.3, -0.25) is 9.59 Å². The van der Waals surface area contributed by atoms with Crippen molar-refractivity contribution in [1.82, 2.24) is 4.90 Å². The van der Waals surface area contributed by atoms with Crippen LogP contribution < -0.4 is 4.74 Å². The second kappa shape index (κ2) is 12.9. The SMILES string of the molecule is CCCOc1ccccc1/C=C/C(=O)N(CCCOC)CCC(=O)OC. The zero-order valence-electron chi connectivity index (χ0n) is 15.9. The topological polar surface area (TPSA) is 65.1 Å². The molecule has 0 aliphatic rings. The minimum Gasteiger partial charge on any atom is -0.493 e. The van der Waals surface area contributed by atoms with Crippen molar-refractivity contribution in [3.05, 3.63) is 35.9 Å². The fraction of sp³-hybridized carbons (Fsp3) is 0.500. The van der Waals surface area contributed by atoms with E-state index in [2.05, 4.69) is 4.74 Å². The van der Waals surface area contributed by atoms with Crippen molar-refractivity contribution in [2.45, 2.75) is 26.2 Å². The molecule has 0 saturated carbocycles. The van der Waals surface area contributed by atoms with E-state index < -0.39 is 0 Å². The smallest absolute Gasteiger partial charge is 0.307 e. The molecule has 1 amide bonds. The highest BCUT2D eigenvalue weighted by molar-refractivity contribution is 5.92. The third-order valence-corrected chi connectivity index (χ3v) is 3.69. The molecule has 6 heteroatoms. The van der Waals surface area contributed by atoms with Crippen LogP contribution in [0.4, 0.5) is 0 Å². The average molecular weight is 363 g/mol. The number of esters is 1. The maximum atomic E-state index is 12.5. The number of ether oxygens (including phenoxy) is 3.